The molecule has 13 nitrogen and oxygen atoms in total. The molecule has 3 atom stereocenters. The second-order valence-corrected chi connectivity index (χ2v) is 18.4. The Morgan fingerprint density at radius 2 is 1.62 bits per heavy atom. The zero-order valence-electron chi connectivity index (χ0n) is 33.6. The molecule has 0 fully saturated rings. The van der Waals surface area contributed by atoms with Crippen LogP contribution in [0.25, 0.3) is 0 Å². The van der Waals surface area contributed by atoms with Crippen LogP contribution in [0.3, 0.4) is 0 Å². The van der Waals surface area contributed by atoms with Crippen LogP contribution in [0.15, 0.2) is 82.2 Å². The highest BCUT2D eigenvalue weighted by molar-refractivity contribution is 8.77. The van der Waals surface area contributed by atoms with E-state index in [1.807, 2.05) is 65.2 Å². The van der Waals surface area contributed by atoms with Gasteiger partial charge in [0.05, 0.1) is 59.7 Å². The van der Waals surface area contributed by atoms with E-state index >= 15 is 0 Å². The molecule has 306 valence electrons. The zero-order chi connectivity index (χ0) is 41.1. The first kappa shape index (κ1) is 41.2. The fourth-order valence-corrected chi connectivity index (χ4v) is 9.34. The molecule has 3 aromatic rings. The first-order chi connectivity index (χ1) is 27.8. The number of hydrogen-bond donors (Lipinski definition) is 1. The smallest absolute Gasteiger partial charge is 0.416 e. The first-order valence-electron chi connectivity index (χ1n) is 19.4. The molecule has 4 aliphatic rings. The molecule has 4 aliphatic heterocycles. The van der Waals surface area contributed by atoms with Crippen molar-refractivity contribution in [2.75, 3.05) is 31.8 Å². The van der Waals surface area contributed by atoms with E-state index in [9.17, 15) is 19.5 Å². The summed E-state index contributed by atoms with van der Waals surface area (Å²) in [5, 5.41) is 12.6. The summed E-state index contributed by atoms with van der Waals surface area (Å²) in [7, 11) is 4.57. The summed E-state index contributed by atoms with van der Waals surface area (Å²) >= 11 is 0. The predicted molar refractivity (Wildman–Crippen MR) is 225 cm³/mol. The number of unbranched alkanes of at least 4 members (excludes halogenated alkanes) is 2. The van der Waals surface area contributed by atoms with Gasteiger partial charge in [-0.05, 0) is 107 Å². The molecule has 3 amide bonds. The van der Waals surface area contributed by atoms with E-state index in [4.69, 9.17) is 18.9 Å². The number of amides is 3. The number of rotatable bonds is 14. The predicted octanol–water partition coefficient (Wildman–Crippen LogP) is 8.47. The molecule has 0 aliphatic carbocycles. The van der Waals surface area contributed by atoms with Crippen molar-refractivity contribution in [3.05, 3.63) is 88.9 Å². The molecule has 5 heterocycles. The van der Waals surface area contributed by atoms with Crippen molar-refractivity contribution in [2.24, 2.45) is 4.99 Å². The Labute approximate surface area is 346 Å². The monoisotopic (exact) mass is 827 g/mol. The highest BCUT2D eigenvalue weighted by Gasteiger charge is 2.45. The Bertz CT molecular complexity index is 2160. The number of aliphatic imine (C=N–C) groups is 1. The van der Waals surface area contributed by atoms with Crippen LogP contribution in [0.2, 0.25) is 0 Å². The standard InChI is InChI=1S/C43H49N5O8S2/c1-26-16-29-22-45-32-20-37(36(53-6)19-30(32)39(49)46(29)23-26)55-15-11-7-10-14-54-35-21-33-31(18-28(35)3)40(50)47-24-27(2)17-34(47)41(51)48(33)42(52)56-25-43(4,5)58-57-38-12-8-9-13-44-38/h8-9,12-13,18-24,29,34,41,51H,7,10-11,14-17,25H2,1-6H3/t29-,34-,41?/m0/s1. The molecule has 0 saturated heterocycles. The minimum absolute atomic E-state index is 0.0526. The zero-order valence-corrected chi connectivity index (χ0v) is 35.2. The highest BCUT2D eigenvalue weighted by atomic mass is 33.1. The molecule has 0 bridgehead atoms. The van der Waals surface area contributed by atoms with E-state index in [2.05, 4.69) is 9.98 Å². The summed E-state index contributed by atoms with van der Waals surface area (Å²) < 4.78 is 23.3. The quantitative estimate of drug-likeness (QED) is 0.124. The summed E-state index contributed by atoms with van der Waals surface area (Å²) in [6.07, 6.45) is 8.47. The number of aryl methyl sites for hydroxylation is 1. The van der Waals surface area contributed by atoms with Crippen molar-refractivity contribution in [1.29, 1.82) is 0 Å². The van der Waals surface area contributed by atoms with Crippen LogP contribution in [-0.2, 0) is 4.74 Å². The maximum Gasteiger partial charge on any atom is 0.416 e. The van der Waals surface area contributed by atoms with Gasteiger partial charge in [-0.1, -0.05) is 28.0 Å². The van der Waals surface area contributed by atoms with Crippen LogP contribution in [0, 0.1) is 6.92 Å². The van der Waals surface area contributed by atoms with Crippen molar-refractivity contribution < 1.29 is 38.4 Å². The minimum atomic E-state index is -1.36. The molecule has 1 N–H and O–H groups in total. The minimum Gasteiger partial charge on any atom is -0.493 e. The van der Waals surface area contributed by atoms with Gasteiger partial charge in [0.2, 0.25) is 0 Å². The number of hydrogen-bond acceptors (Lipinski definition) is 12. The third-order valence-electron chi connectivity index (χ3n) is 10.3. The number of aliphatic hydroxyl groups excluding tert-OH is 1. The number of fused-ring (bicyclic) bond motifs is 4. The van der Waals surface area contributed by atoms with Crippen LogP contribution in [0.1, 0.15) is 86.1 Å². The maximum atomic E-state index is 14.0. The molecule has 58 heavy (non-hydrogen) atoms. The van der Waals surface area contributed by atoms with E-state index in [1.54, 1.807) is 48.7 Å². The van der Waals surface area contributed by atoms with E-state index < -0.39 is 23.1 Å². The Morgan fingerprint density at radius 1 is 0.897 bits per heavy atom. The van der Waals surface area contributed by atoms with Crippen molar-refractivity contribution in [2.45, 2.75) is 94.8 Å². The van der Waals surface area contributed by atoms with E-state index in [1.165, 1.54) is 31.4 Å². The number of anilines is 1. The largest absolute Gasteiger partial charge is 0.493 e. The van der Waals surface area contributed by atoms with E-state index in [0.717, 1.165) is 41.0 Å². The lowest BCUT2D eigenvalue weighted by molar-refractivity contribution is 0.0545. The topological polar surface area (TPSA) is 143 Å². The second-order valence-electron chi connectivity index (χ2n) is 15.5. The highest BCUT2D eigenvalue weighted by Crippen LogP contribution is 2.43. The van der Waals surface area contributed by atoms with Gasteiger partial charge in [0, 0.05) is 36.9 Å². The average Bonchev–Trinajstić information content (AvgIpc) is 3.75. The van der Waals surface area contributed by atoms with Crippen molar-refractivity contribution in [3.63, 3.8) is 0 Å². The fourth-order valence-electron chi connectivity index (χ4n) is 7.31. The van der Waals surface area contributed by atoms with Gasteiger partial charge in [0.25, 0.3) is 11.8 Å². The van der Waals surface area contributed by atoms with E-state index in [0.29, 0.717) is 54.6 Å². The van der Waals surface area contributed by atoms with Gasteiger partial charge in [-0.2, -0.15) is 0 Å². The third kappa shape index (κ3) is 8.86. The number of carbonyl (C=O) groups excluding carboxylic acids is 3. The summed E-state index contributed by atoms with van der Waals surface area (Å²) in [5.41, 5.74) is 4.33. The molecule has 1 aromatic heterocycles. The molecule has 7 rings (SSSR count). The van der Waals surface area contributed by atoms with Gasteiger partial charge in [-0.25, -0.2) is 14.7 Å². The number of methoxy groups -OCH3 is 1. The van der Waals surface area contributed by atoms with Gasteiger partial charge in [-0.15, -0.1) is 0 Å². The number of benzene rings is 2. The van der Waals surface area contributed by atoms with Gasteiger partial charge in [0.1, 0.15) is 17.4 Å². The lowest BCUT2D eigenvalue weighted by Crippen LogP contribution is -2.51. The molecule has 0 radical (unpaired) electrons. The number of aliphatic hydroxyl groups is 1. The molecular formula is C43H49N5O8S2. The van der Waals surface area contributed by atoms with Crippen LogP contribution in [-0.4, -0.2) is 94.0 Å². The van der Waals surface area contributed by atoms with E-state index in [-0.39, 0.29) is 35.7 Å². The summed E-state index contributed by atoms with van der Waals surface area (Å²) in [6.45, 7) is 10.5. The SMILES string of the molecule is COc1cc2c(cc1OCCCCCOc1cc3c(cc1C)C(=O)N1C=C(C)C[C@H]1C(O)N3C(=O)OCC(C)(C)SSc1ccccn1)N=C[C@@H]1CC(C)=CN1C2=O. The second kappa shape index (κ2) is 17.5. The molecule has 15 heteroatoms. The Balaban J connectivity index is 0.978. The molecular weight excluding hydrogens is 779 g/mol. The molecule has 0 spiro atoms. The van der Waals surface area contributed by atoms with Crippen LogP contribution in [0.5, 0.6) is 17.2 Å². The average molecular weight is 828 g/mol. The van der Waals surface area contributed by atoms with Gasteiger partial charge in [-0.3, -0.25) is 14.6 Å². The normalized spacial score (nSPS) is 19.7. The summed E-state index contributed by atoms with van der Waals surface area (Å²) in [6, 6.07) is 11.8. The van der Waals surface area contributed by atoms with Crippen LogP contribution < -0.4 is 19.1 Å². The Kier molecular flexibility index (Phi) is 12.4. The molecule has 1 unspecified atom stereocenters. The van der Waals surface area contributed by atoms with Crippen LogP contribution >= 0.6 is 21.6 Å². The van der Waals surface area contributed by atoms with Gasteiger partial charge < -0.3 is 33.9 Å². The number of pyridine rings is 1. The molecule has 0 saturated carbocycles. The first-order valence-corrected chi connectivity index (χ1v) is 21.6. The maximum absolute atomic E-state index is 14.0. The van der Waals surface area contributed by atoms with Crippen molar-refractivity contribution >= 4 is 57.1 Å². The molecule has 2 aromatic carbocycles. The Morgan fingerprint density at radius 3 is 2.36 bits per heavy atom. The number of nitrogens with zero attached hydrogens (tertiary/aromatic N) is 5. The van der Waals surface area contributed by atoms with Gasteiger partial charge >= 0.3 is 6.09 Å². The summed E-state index contributed by atoms with van der Waals surface area (Å²) in [4.78, 5) is 54.6. The third-order valence-corrected chi connectivity index (χ3v) is 13.5. The lowest BCUT2D eigenvalue weighted by Gasteiger charge is -2.32. The fraction of sp³-hybridized carbons (Fsp3) is 0.419. The Hall–Kier alpha value is -4.99. The summed E-state index contributed by atoms with van der Waals surface area (Å²) in [5.74, 6) is 1.07. The van der Waals surface area contributed by atoms with Crippen molar-refractivity contribution in [3.8, 4) is 17.2 Å². The van der Waals surface area contributed by atoms with Gasteiger partial charge in [0.15, 0.2) is 17.7 Å². The number of aromatic nitrogens is 1. The number of ether oxygens (including phenoxy) is 4. The number of carbonyl (C=O) groups is 3. The van der Waals surface area contributed by atoms with Crippen LogP contribution in [0.4, 0.5) is 16.2 Å². The van der Waals surface area contributed by atoms with Crippen molar-refractivity contribution in [1.82, 2.24) is 14.8 Å². The lowest BCUT2D eigenvalue weighted by atomic mass is 10.1.